The smallest absolute Gasteiger partial charge is 0.267 e. The second-order valence-electron chi connectivity index (χ2n) is 5.89. The monoisotopic (exact) mass is 451 g/mol. The summed E-state index contributed by atoms with van der Waals surface area (Å²) in [5.41, 5.74) is 16.1. The molecule has 6 nitrogen and oxygen atoms in total. The first kappa shape index (κ1) is 19.2. The molecule has 2 aromatic rings. The van der Waals surface area contributed by atoms with Gasteiger partial charge in [0.25, 0.3) is 5.91 Å². The summed E-state index contributed by atoms with van der Waals surface area (Å²) in [4.78, 5) is 19.3. The van der Waals surface area contributed by atoms with Crippen molar-refractivity contribution in [2.24, 2.45) is 16.5 Å². The van der Waals surface area contributed by atoms with Crippen LogP contribution in [0.3, 0.4) is 0 Å². The molecular weight excluding hydrogens is 429 g/mol. The normalized spacial score (nSPS) is 13.5. The molecule has 7 heteroatoms. The fourth-order valence-electron chi connectivity index (χ4n) is 2.92. The number of aromatic nitrogens is 1. The zero-order chi connectivity index (χ0) is 16.9. The van der Waals surface area contributed by atoms with Gasteiger partial charge in [0.2, 0.25) is 0 Å². The second kappa shape index (κ2) is 8.80. The van der Waals surface area contributed by atoms with E-state index in [2.05, 4.69) is 21.4 Å². The van der Waals surface area contributed by atoms with Crippen LogP contribution in [-0.2, 0) is 19.4 Å². The average Bonchev–Trinajstić information content (AvgIpc) is 2.61. The van der Waals surface area contributed by atoms with Gasteiger partial charge in [-0.3, -0.25) is 9.78 Å². The quantitative estimate of drug-likeness (QED) is 0.378. The zero-order valence-electron chi connectivity index (χ0n) is 13.9. The number of benzene rings is 1. The van der Waals surface area contributed by atoms with Gasteiger partial charge in [-0.15, -0.1) is 24.0 Å². The molecule has 1 heterocycles. The summed E-state index contributed by atoms with van der Waals surface area (Å²) in [6.07, 6.45) is 6.24. The van der Waals surface area contributed by atoms with Gasteiger partial charge in [-0.25, -0.2) is 4.99 Å². The van der Waals surface area contributed by atoms with Gasteiger partial charge in [0.05, 0.1) is 6.54 Å². The van der Waals surface area contributed by atoms with Crippen molar-refractivity contribution in [1.29, 1.82) is 0 Å². The Hall–Kier alpha value is -2.16. The van der Waals surface area contributed by atoms with Crippen LogP contribution in [0.4, 0.5) is 5.69 Å². The van der Waals surface area contributed by atoms with Gasteiger partial charge in [-0.1, -0.05) is 18.2 Å². The molecular formula is C18H22IN5O. The number of rotatable bonds is 4. The van der Waals surface area contributed by atoms with Crippen LogP contribution in [0.15, 0.2) is 41.5 Å². The van der Waals surface area contributed by atoms with Crippen molar-refractivity contribution >= 4 is 41.5 Å². The van der Waals surface area contributed by atoms with Crippen LogP contribution in [-0.4, -0.2) is 16.9 Å². The zero-order valence-corrected chi connectivity index (χ0v) is 16.2. The molecule has 0 saturated heterocycles. The summed E-state index contributed by atoms with van der Waals surface area (Å²) >= 11 is 0. The number of nitrogens with zero attached hydrogens (tertiary/aromatic N) is 2. The number of nitrogens with two attached hydrogens (primary N) is 2. The lowest BCUT2D eigenvalue weighted by atomic mass is 9.90. The predicted octanol–water partition coefficient (Wildman–Crippen LogP) is 2.60. The number of hydrogen-bond donors (Lipinski definition) is 3. The van der Waals surface area contributed by atoms with Gasteiger partial charge in [0.1, 0.15) is 5.69 Å². The Morgan fingerprint density at radius 3 is 2.68 bits per heavy atom. The lowest BCUT2D eigenvalue weighted by Gasteiger charge is -2.19. The summed E-state index contributed by atoms with van der Waals surface area (Å²) in [5, 5.41) is 3.20. The van der Waals surface area contributed by atoms with Gasteiger partial charge in [-0.2, -0.15) is 0 Å². The molecule has 1 aliphatic carbocycles. The molecule has 0 aliphatic heterocycles. The predicted molar refractivity (Wildman–Crippen MR) is 110 cm³/mol. The molecule has 1 aliphatic rings. The van der Waals surface area contributed by atoms with Crippen molar-refractivity contribution in [2.75, 3.05) is 5.32 Å². The Morgan fingerprint density at radius 2 is 1.96 bits per heavy atom. The standard InChI is InChI=1S/C18H21N5O.HI/c19-17(24)16-9-8-12(10-21-16)11-22-18(20)23-15-7-3-5-13-4-1-2-6-14(13)15;/h3,5,7-10H,1-2,4,6,11H2,(H2,19,24)(H3,20,22,23);1H. The van der Waals surface area contributed by atoms with E-state index in [1.165, 1.54) is 24.0 Å². The van der Waals surface area contributed by atoms with Gasteiger partial charge in [-0.05, 0) is 54.5 Å². The Labute approximate surface area is 164 Å². The van der Waals surface area contributed by atoms with E-state index in [9.17, 15) is 4.79 Å². The number of carbonyl (C=O) groups is 1. The van der Waals surface area contributed by atoms with Crippen LogP contribution in [0, 0.1) is 0 Å². The molecule has 0 saturated carbocycles. The summed E-state index contributed by atoms with van der Waals surface area (Å²) in [6, 6.07) is 9.62. The maximum Gasteiger partial charge on any atom is 0.267 e. The number of carbonyl (C=O) groups excluding carboxylic acids is 1. The molecule has 1 aromatic heterocycles. The Morgan fingerprint density at radius 1 is 1.16 bits per heavy atom. The molecule has 0 atom stereocenters. The maximum atomic E-state index is 11.0. The van der Waals surface area contributed by atoms with Crippen molar-refractivity contribution in [3.05, 3.63) is 58.9 Å². The molecule has 1 amide bonds. The Kier molecular flexibility index (Phi) is 6.74. The summed E-state index contributed by atoms with van der Waals surface area (Å²) in [6.45, 7) is 0.389. The van der Waals surface area contributed by atoms with E-state index in [1.807, 2.05) is 12.1 Å². The van der Waals surface area contributed by atoms with E-state index in [4.69, 9.17) is 11.5 Å². The van der Waals surface area contributed by atoms with Crippen molar-refractivity contribution in [1.82, 2.24) is 4.98 Å². The third kappa shape index (κ3) is 4.91. The molecule has 0 unspecified atom stereocenters. The van der Waals surface area contributed by atoms with E-state index >= 15 is 0 Å². The highest BCUT2D eigenvalue weighted by molar-refractivity contribution is 14.0. The number of anilines is 1. The lowest BCUT2D eigenvalue weighted by Crippen LogP contribution is -2.24. The number of halogens is 1. The third-order valence-corrected chi connectivity index (χ3v) is 4.17. The highest BCUT2D eigenvalue weighted by Gasteiger charge is 2.13. The number of amides is 1. The molecule has 0 bridgehead atoms. The van der Waals surface area contributed by atoms with Gasteiger partial charge in [0, 0.05) is 11.9 Å². The highest BCUT2D eigenvalue weighted by Crippen LogP contribution is 2.27. The minimum Gasteiger partial charge on any atom is -0.370 e. The second-order valence-corrected chi connectivity index (χ2v) is 5.89. The van der Waals surface area contributed by atoms with Crippen LogP contribution in [0.2, 0.25) is 0 Å². The van der Waals surface area contributed by atoms with E-state index in [-0.39, 0.29) is 29.7 Å². The topological polar surface area (TPSA) is 106 Å². The van der Waals surface area contributed by atoms with Gasteiger partial charge < -0.3 is 16.8 Å². The summed E-state index contributed by atoms with van der Waals surface area (Å²) in [5.74, 6) is -0.173. The molecule has 0 spiro atoms. The molecule has 1 aromatic carbocycles. The van der Waals surface area contributed by atoms with E-state index in [0.29, 0.717) is 12.5 Å². The van der Waals surface area contributed by atoms with Gasteiger partial charge in [0.15, 0.2) is 5.96 Å². The van der Waals surface area contributed by atoms with Crippen LogP contribution < -0.4 is 16.8 Å². The molecule has 132 valence electrons. The first-order chi connectivity index (χ1) is 11.6. The molecule has 25 heavy (non-hydrogen) atoms. The van der Waals surface area contributed by atoms with Crippen molar-refractivity contribution in [2.45, 2.75) is 32.2 Å². The van der Waals surface area contributed by atoms with Crippen molar-refractivity contribution in [3.63, 3.8) is 0 Å². The molecule has 3 rings (SSSR count). The van der Waals surface area contributed by atoms with E-state index in [0.717, 1.165) is 24.1 Å². The molecule has 5 N–H and O–H groups in total. The minimum atomic E-state index is -0.542. The Balaban J connectivity index is 0.00000225. The summed E-state index contributed by atoms with van der Waals surface area (Å²) in [7, 11) is 0. The molecule has 0 fully saturated rings. The first-order valence-electron chi connectivity index (χ1n) is 8.06. The highest BCUT2D eigenvalue weighted by atomic mass is 127. The number of hydrogen-bond acceptors (Lipinski definition) is 3. The van der Waals surface area contributed by atoms with Crippen LogP contribution in [0.5, 0.6) is 0 Å². The lowest BCUT2D eigenvalue weighted by molar-refractivity contribution is 0.0995. The van der Waals surface area contributed by atoms with Crippen LogP contribution in [0.1, 0.15) is 40.0 Å². The molecule has 0 radical (unpaired) electrons. The fraction of sp³-hybridized carbons (Fsp3) is 0.278. The van der Waals surface area contributed by atoms with Gasteiger partial charge >= 0.3 is 0 Å². The number of nitrogens with one attached hydrogen (secondary N) is 1. The van der Waals surface area contributed by atoms with E-state index in [1.54, 1.807) is 18.3 Å². The summed E-state index contributed by atoms with van der Waals surface area (Å²) < 4.78 is 0. The maximum absolute atomic E-state index is 11.0. The number of aliphatic imine (C=N–C) groups is 1. The first-order valence-corrected chi connectivity index (χ1v) is 8.06. The van der Waals surface area contributed by atoms with Crippen LogP contribution >= 0.6 is 24.0 Å². The number of pyridine rings is 1. The minimum absolute atomic E-state index is 0. The number of guanidine groups is 1. The third-order valence-electron chi connectivity index (χ3n) is 4.17. The van der Waals surface area contributed by atoms with E-state index < -0.39 is 5.91 Å². The Bertz CT molecular complexity index is 774. The van der Waals surface area contributed by atoms with Crippen molar-refractivity contribution < 1.29 is 4.79 Å². The number of fused-ring (bicyclic) bond motifs is 1. The SMILES string of the molecule is I.NC(=O)c1ccc(CN=C(N)Nc2cccc3c2CCCC3)cn1. The number of aryl methyl sites for hydroxylation is 1. The van der Waals surface area contributed by atoms with Crippen LogP contribution in [0.25, 0.3) is 0 Å². The fourth-order valence-corrected chi connectivity index (χ4v) is 2.92. The largest absolute Gasteiger partial charge is 0.370 e. The van der Waals surface area contributed by atoms with Crippen molar-refractivity contribution in [3.8, 4) is 0 Å². The number of primary amides is 1. The average molecular weight is 451 g/mol.